The van der Waals surface area contributed by atoms with Crippen molar-refractivity contribution in [3.63, 3.8) is 0 Å². The fourth-order valence-corrected chi connectivity index (χ4v) is 4.67. The molecule has 1 atom stereocenters. The van der Waals surface area contributed by atoms with Crippen LogP contribution in [0.1, 0.15) is 142 Å². The van der Waals surface area contributed by atoms with Crippen molar-refractivity contribution in [3.8, 4) is 0 Å². The monoisotopic (exact) mass is 455 g/mol. The number of carboxylic acid groups (broad SMARTS) is 1. The first-order chi connectivity index (χ1) is 15.4. The lowest BCUT2D eigenvalue weighted by Gasteiger charge is -2.32. The molecule has 192 valence electrons. The molecule has 0 aliphatic carbocycles. The lowest BCUT2D eigenvalue weighted by molar-refractivity contribution is -0.893. The summed E-state index contributed by atoms with van der Waals surface area (Å²) in [6, 6.07) is 0. The van der Waals surface area contributed by atoms with Gasteiger partial charge in [0.15, 0.2) is 0 Å². The highest BCUT2D eigenvalue weighted by Gasteiger charge is 2.19. The lowest BCUT2D eigenvalue weighted by Crippen LogP contribution is -2.45. The highest BCUT2D eigenvalue weighted by atomic mass is 16.4. The average molecular weight is 456 g/mol. The molecule has 0 aromatic carbocycles. The van der Waals surface area contributed by atoms with Gasteiger partial charge in [-0.15, -0.1) is 0 Å². The quantitative estimate of drug-likeness (QED) is 0.128. The maximum atomic E-state index is 10.4. The van der Waals surface area contributed by atoms with E-state index in [2.05, 4.69) is 21.0 Å². The molecule has 0 saturated heterocycles. The fourth-order valence-electron chi connectivity index (χ4n) is 4.67. The Morgan fingerprint density at radius 1 is 0.688 bits per heavy atom. The Balaban J connectivity index is 3.46. The number of carbonyl (C=O) groups is 1. The van der Waals surface area contributed by atoms with Crippen molar-refractivity contribution in [1.82, 2.24) is 0 Å². The van der Waals surface area contributed by atoms with Crippen LogP contribution in [0.2, 0.25) is 0 Å². The smallest absolute Gasteiger partial charge is 0.105 e. The number of hydrogen-bond acceptors (Lipinski definition) is 3. The number of unbranched alkanes of at least 4 members (excludes halogenated alkanes) is 17. The van der Waals surface area contributed by atoms with Crippen LogP contribution in [0, 0.1) is 0 Å². The molecule has 0 aromatic rings. The number of aliphatic hydroxyl groups is 1. The minimum Gasteiger partial charge on any atom is -0.550 e. The second-order valence-electron chi connectivity index (χ2n) is 10.8. The number of quaternary nitrogens is 1. The summed E-state index contributed by atoms with van der Waals surface area (Å²) in [6.07, 6.45) is 25.1. The van der Waals surface area contributed by atoms with Crippen molar-refractivity contribution in [1.29, 1.82) is 0 Å². The van der Waals surface area contributed by atoms with E-state index in [1.165, 1.54) is 96.3 Å². The summed E-state index contributed by atoms with van der Waals surface area (Å²) in [5, 5.41) is 20.8. The van der Waals surface area contributed by atoms with Crippen molar-refractivity contribution < 1.29 is 19.5 Å². The van der Waals surface area contributed by atoms with Crippen LogP contribution in [0.4, 0.5) is 0 Å². The third-order valence-corrected chi connectivity index (χ3v) is 6.74. The topological polar surface area (TPSA) is 60.4 Å². The van der Waals surface area contributed by atoms with E-state index in [1.807, 2.05) is 0 Å². The predicted molar refractivity (Wildman–Crippen MR) is 135 cm³/mol. The summed E-state index contributed by atoms with van der Waals surface area (Å²) < 4.78 is 0.893. The molecule has 1 unspecified atom stereocenters. The van der Waals surface area contributed by atoms with Gasteiger partial charge in [0.05, 0.1) is 20.6 Å². The van der Waals surface area contributed by atoms with Crippen molar-refractivity contribution in [3.05, 3.63) is 0 Å². The van der Waals surface area contributed by atoms with Crippen molar-refractivity contribution in [2.45, 2.75) is 148 Å². The second-order valence-corrected chi connectivity index (χ2v) is 10.8. The molecule has 0 bridgehead atoms. The molecule has 0 aliphatic rings. The molecule has 0 radical (unpaired) electrons. The summed E-state index contributed by atoms with van der Waals surface area (Å²) in [5.74, 6) is -0.929. The van der Waals surface area contributed by atoms with Crippen molar-refractivity contribution in [2.75, 3.05) is 27.2 Å². The molecule has 0 saturated carbocycles. The minimum atomic E-state index is -0.929. The predicted octanol–water partition coefficient (Wildman–Crippen LogP) is 6.39. The van der Waals surface area contributed by atoms with Gasteiger partial charge in [0.25, 0.3) is 0 Å². The van der Waals surface area contributed by atoms with Gasteiger partial charge in [-0.05, 0) is 32.1 Å². The maximum absolute atomic E-state index is 10.4. The zero-order valence-corrected chi connectivity index (χ0v) is 22.1. The van der Waals surface area contributed by atoms with Gasteiger partial charge in [0.2, 0.25) is 0 Å². The minimum absolute atomic E-state index is 0.178. The normalized spacial score (nSPS) is 12.9. The van der Waals surface area contributed by atoms with Crippen molar-refractivity contribution in [2.24, 2.45) is 0 Å². The Morgan fingerprint density at radius 3 is 1.56 bits per heavy atom. The summed E-state index contributed by atoms with van der Waals surface area (Å²) in [4.78, 5) is 10.4. The third-order valence-electron chi connectivity index (χ3n) is 6.74. The first-order valence-electron chi connectivity index (χ1n) is 14.1. The first kappa shape index (κ1) is 31.4. The van der Waals surface area contributed by atoms with Gasteiger partial charge in [-0.2, -0.15) is 0 Å². The SMILES string of the molecule is CCCCCCCCCCCCCCCC(O)C[N+](C)(C)CCCCCCCCC(=O)[O-]. The molecule has 32 heavy (non-hydrogen) atoms. The molecule has 1 N–H and O–H groups in total. The Bertz CT molecular complexity index is 411. The molecule has 0 rings (SSSR count). The van der Waals surface area contributed by atoms with Crippen LogP contribution < -0.4 is 5.11 Å². The van der Waals surface area contributed by atoms with E-state index in [9.17, 15) is 15.0 Å². The number of likely N-dealkylation sites (N-methyl/N-ethyl adjacent to an activating group) is 1. The Labute approximate surface area is 200 Å². The largest absolute Gasteiger partial charge is 0.550 e. The zero-order chi connectivity index (χ0) is 23.9. The van der Waals surface area contributed by atoms with Gasteiger partial charge in [0, 0.05) is 5.97 Å². The summed E-state index contributed by atoms with van der Waals surface area (Å²) in [6.45, 7) is 4.24. The van der Waals surface area contributed by atoms with E-state index < -0.39 is 5.97 Å². The molecule has 4 nitrogen and oxygen atoms in total. The van der Waals surface area contributed by atoms with Crippen LogP contribution in [0.5, 0.6) is 0 Å². The van der Waals surface area contributed by atoms with E-state index >= 15 is 0 Å². The number of nitrogens with zero attached hydrogens (tertiary/aromatic N) is 1. The molecule has 0 aromatic heterocycles. The van der Waals surface area contributed by atoms with E-state index in [4.69, 9.17) is 0 Å². The van der Waals surface area contributed by atoms with Crippen LogP contribution in [0.3, 0.4) is 0 Å². The molecule has 0 aliphatic heterocycles. The summed E-state index contributed by atoms with van der Waals surface area (Å²) >= 11 is 0. The number of aliphatic carboxylic acids is 1. The number of rotatable bonds is 25. The average Bonchev–Trinajstić information content (AvgIpc) is 2.72. The lowest BCUT2D eigenvalue weighted by atomic mass is 10.0. The van der Waals surface area contributed by atoms with Crippen LogP contribution in [0.25, 0.3) is 0 Å². The third kappa shape index (κ3) is 24.0. The zero-order valence-electron chi connectivity index (χ0n) is 22.1. The number of carbonyl (C=O) groups excluding carboxylic acids is 1. The standard InChI is InChI=1S/C28H57NO3/c1-4-5-6-7-8-9-10-11-12-13-14-17-20-23-27(30)26-29(2,3)25-22-19-16-15-18-21-24-28(31)32/h27,30H,4-26H2,1-3H3. The molecule has 4 heteroatoms. The van der Waals surface area contributed by atoms with E-state index in [0.717, 1.165) is 49.7 Å². The van der Waals surface area contributed by atoms with Gasteiger partial charge in [-0.3, -0.25) is 0 Å². The van der Waals surface area contributed by atoms with Crippen LogP contribution in [0.15, 0.2) is 0 Å². The van der Waals surface area contributed by atoms with Gasteiger partial charge in [0.1, 0.15) is 12.6 Å². The van der Waals surface area contributed by atoms with Gasteiger partial charge >= 0.3 is 0 Å². The van der Waals surface area contributed by atoms with E-state index in [-0.39, 0.29) is 12.5 Å². The highest BCUT2D eigenvalue weighted by molar-refractivity contribution is 5.63. The van der Waals surface area contributed by atoms with Gasteiger partial charge in [-0.1, -0.05) is 110 Å². The molecular formula is C28H57NO3. The van der Waals surface area contributed by atoms with Crippen LogP contribution in [-0.4, -0.2) is 48.8 Å². The molecule has 0 fully saturated rings. The molecule has 0 spiro atoms. The first-order valence-corrected chi connectivity index (χ1v) is 14.1. The highest BCUT2D eigenvalue weighted by Crippen LogP contribution is 2.15. The Hall–Kier alpha value is -0.610. The van der Waals surface area contributed by atoms with Gasteiger partial charge in [-0.25, -0.2) is 0 Å². The summed E-state index contributed by atoms with van der Waals surface area (Å²) in [5.41, 5.74) is 0. The molecular weight excluding hydrogens is 398 g/mol. The number of hydrogen-bond donors (Lipinski definition) is 1. The maximum Gasteiger partial charge on any atom is 0.105 e. The van der Waals surface area contributed by atoms with Crippen LogP contribution >= 0.6 is 0 Å². The molecule has 0 amide bonds. The van der Waals surface area contributed by atoms with E-state index in [1.54, 1.807) is 0 Å². The number of carboxylic acids is 1. The molecule has 0 heterocycles. The fraction of sp³-hybridized carbons (Fsp3) is 0.964. The second kappa shape index (κ2) is 22.2. The van der Waals surface area contributed by atoms with Gasteiger partial charge < -0.3 is 19.5 Å². The number of aliphatic hydroxyl groups excluding tert-OH is 1. The Morgan fingerprint density at radius 2 is 1.09 bits per heavy atom. The van der Waals surface area contributed by atoms with Crippen LogP contribution in [-0.2, 0) is 4.79 Å². The van der Waals surface area contributed by atoms with Crippen molar-refractivity contribution >= 4 is 5.97 Å². The Kier molecular flexibility index (Phi) is 21.8. The van der Waals surface area contributed by atoms with E-state index in [0.29, 0.717) is 0 Å². The summed E-state index contributed by atoms with van der Waals surface area (Å²) in [7, 11) is 4.46.